The molecular formula is C10H10F2N2O4. The lowest BCUT2D eigenvalue weighted by Gasteiger charge is -2.06. The summed E-state index contributed by atoms with van der Waals surface area (Å²) in [5.41, 5.74) is -0.525. The van der Waals surface area contributed by atoms with Crippen LogP contribution in [-0.2, 0) is 16.0 Å². The Morgan fingerprint density at radius 2 is 2.22 bits per heavy atom. The molecule has 6 nitrogen and oxygen atoms in total. The number of aromatic nitrogens is 1. The zero-order valence-corrected chi connectivity index (χ0v) is 9.65. The lowest BCUT2D eigenvalue weighted by Crippen LogP contribution is -2.10. The summed E-state index contributed by atoms with van der Waals surface area (Å²) in [7, 11) is 1.14. The van der Waals surface area contributed by atoms with E-state index in [9.17, 15) is 23.7 Å². The maximum Gasteiger partial charge on any atom is 0.364 e. The average Bonchev–Trinajstić information content (AvgIpc) is 2.30. The van der Waals surface area contributed by atoms with Crippen molar-refractivity contribution in [3.63, 3.8) is 0 Å². The summed E-state index contributed by atoms with van der Waals surface area (Å²) < 4.78 is 29.7. The van der Waals surface area contributed by atoms with Gasteiger partial charge in [-0.15, -0.1) is 0 Å². The van der Waals surface area contributed by atoms with Gasteiger partial charge in [0, 0.05) is 11.6 Å². The summed E-state index contributed by atoms with van der Waals surface area (Å²) in [5.74, 6) is -1.38. The fourth-order valence-corrected chi connectivity index (χ4v) is 1.39. The van der Waals surface area contributed by atoms with Gasteiger partial charge < -0.3 is 14.9 Å². The first-order valence-electron chi connectivity index (χ1n) is 4.86. The number of halogens is 2. The van der Waals surface area contributed by atoms with Gasteiger partial charge in [-0.2, -0.15) is 0 Å². The number of carbonyl (C=O) groups is 1. The largest absolute Gasteiger partial charge is 0.469 e. The number of hydrogen-bond acceptors (Lipinski definition) is 5. The van der Waals surface area contributed by atoms with Crippen LogP contribution in [0.1, 0.15) is 23.2 Å². The number of esters is 1. The maximum atomic E-state index is 12.7. The van der Waals surface area contributed by atoms with E-state index in [1.807, 2.05) is 0 Å². The molecule has 0 amide bonds. The molecule has 0 fully saturated rings. The second-order valence-electron chi connectivity index (χ2n) is 3.46. The van der Waals surface area contributed by atoms with E-state index in [2.05, 4.69) is 9.72 Å². The van der Waals surface area contributed by atoms with Gasteiger partial charge in [0.05, 0.1) is 13.5 Å². The van der Waals surface area contributed by atoms with Crippen molar-refractivity contribution in [3.05, 3.63) is 33.0 Å². The maximum absolute atomic E-state index is 12.7. The highest BCUT2D eigenvalue weighted by Gasteiger charge is 2.25. The molecular weight excluding hydrogens is 250 g/mol. The molecule has 0 aliphatic carbocycles. The molecule has 0 atom stereocenters. The molecule has 0 aromatic carbocycles. The summed E-state index contributed by atoms with van der Waals surface area (Å²) >= 11 is 0. The molecule has 8 heteroatoms. The smallest absolute Gasteiger partial charge is 0.364 e. The number of nitro groups is 1. The molecule has 0 aliphatic rings. The predicted octanol–water partition coefficient (Wildman–Crippen LogP) is 1.95. The number of carbonyl (C=O) groups excluding carboxylic acids is 1. The summed E-state index contributed by atoms with van der Waals surface area (Å²) in [6.07, 6.45) is -3.26. The van der Waals surface area contributed by atoms with Gasteiger partial charge in [-0.1, -0.05) is 0 Å². The zero-order chi connectivity index (χ0) is 13.9. The van der Waals surface area contributed by atoms with Crippen molar-refractivity contribution in [2.75, 3.05) is 7.11 Å². The number of methoxy groups -OCH3 is 1. The van der Waals surface area contributed by atoms with Gasteiger partial charge in [0.15, 0.2) is 0 Å². The molecule has 98 valence electrons. The van der Waals surface area contributed by atoms with E-state index in [1.54, 1.807) is 0 Å². The SMILES string of the molecule is COC(=O)Cc1cc([N+](=O)[O-])nc(C(F)F)c1C. The van der Waals surface area contributed by atoms with Crippen molar-refractivity contribution < 1.29 is 23.2 Å². The zero-order valence-electron chi connectivity index (χ0n) is 9.65. The first-order valence-corrected chi connectivity index (χ1v) is 4.86. The molecule has 0 saturated carbocycles. The van der Waals surface area contributed by atoms with Crippen LogP contribution in [0.2, 0.25) is 0 Å². The van der Waals surface area contributed by atoms with Crippen molar-refractivity contribution in [3.8, 4) is 0 Å². The standard InChI is InChI=1S/C10H10F2N2O4/c1-5-6(4-8(15)18-2)3-7(14(16)17)13-9(5)10(11)12/h3,10H,4H2,1-2H3. The van der Waals surface area contributed by atoms with Crippen molar-refractivity contribution in [1.29, 1.82) is 0 Å². The third-order valence-corrected chi connectivity index (χ3v) is 2.36. The number of pyridine rings is 1. The average molecular weight is 260 g/mol. The van der Waals surface area contributed by atoms with Crippen LogP contribution < -0.4 is 0 Å². The van der Waals surface area contributed by atoms with Crippen LogP contribution in [0.25, 0.3) is 0 Å². The van der Waals surface area contributed by atoms with E-state index in [4.69, 9.17) is 0 Å². The number of alkyl halides is 2. The van der Waals surface area contributed by atoms with Crippen molar-refractivity contribution >= 4 is 11.8 Å². The van der Waals surface area contributed by atoms with Crippen molar-refractivity contribution in [1.82, 2.24) is 4.98 Å². The minimum atomic E-state index is -2.94. The van der Waals surface area contributed by atoms with Crippen LogP contribution in [0.4, 0.5) is 14.6 Å². The molecule has 1 aromatic rings. The Bertz CT molecular complexity index is 491. The first-order chi connectivity index (χ1) is 8.36. The molecule has 1 rings (SSSR count). The minimum Gasteiger partial charge on any atom is -0.469 e. The molecule has 1 heterocycles. The van der Waals surface area contributed by atoms with Crippen LogP contribution in [-0.4, -0.2) is 23.0 Å². The van der Waals surface area contributed by atoms with E-state index in [-0.39, 0.29) is 17.5 Å². The quantitative estimate of drug-likeness (QED) is 0.469. The Labute approximate surface area is 101 Å². The van der Waals surface area contributed by atoms with E-state index in [0.29, 0.717) is 0 Å². The molecule has 0 spiro atoms. The van der Waals surface area contributed by atoms with Gasteiger partial charge in [-0.05, 0) is 22.4 Å². The van der Waals surface area contributed by atoms with E-state index >= 15 is 0 Å². The molecule has 0 bridgehead atoms. The molecule has 0 N–H and O–H groups in total. The van der Waals surface area contributed by atoms with Gasteiger partial charge in [-0.3, -0.25) is 4.79 Å². The highest BCUT2D eigenvalue weighted by atomic mass is 19.3. The third kappa shape index (κ3) is 2.96. The van der Waals surface area contributed by atoms with Gasteiger partial charge >= 0.3 is 18.2 Å². The van der Waals surface area contributed by atoms with Crippen LogP contribution in [0, 0.1) is 17.0 Å². The Balaban J connectivity index is 3.31. The monoisotopic (exact) mass is 260 g/mol. The molecule has 0 saturated heterocycles. The van der Waals surface area contributed by atoms with Gasteiger partial charge in [0.2, 0.25) is 5.69 Å². The Morgan fingerprint density at radius 1 is 1.61 bits per heavy atom. The highest BCUT2D eigenvalue weighted by Crippen LogP contribution is 2.26. The summed E-state index contributed by atoms with van der Waals surface area (Å²) in [4.78, 5) is 24.1. The van der Waals surface area contributed by atoms with Crippen LogP contribution in [0.3, 0.4) is 0 Å². The van der Waals surface area contributed by atoms with E-state index in [1.165, 1.54) is 6.92 Å². The second kappa shape index (κ2) is 5.48. The minimum absolute atomic E-state index is 0.0565. The second-order valence-corrected chi connectivity index (χ2v) is 3.46. The lowest BCUT2D eigenvalue weighted by molar-refractivity contribution is -0.389. The number of ether oxygens (including phenoxy) is 1. The molecule has 0 radical (unpaired) electrons. The van der Waals surface area contributed by atoms with Crippen LogP contribution in [0.15, 0.2) is 6.07 Å². The molecule has 0 unspecified atom stereocenters. The van der Waals surface area contributed by atoms with Gasteiger partial charge in [0.25, 0.3) is 0 Å². The molecule has 0 aliphatic heterocycles. The first kappa shape index (κ1) is 13.9. The number of nitrogens with zero attached hydrogens (tertiary/aromatic N) is 2. The summed E-state index contributed by atoms with van der Waals surface area (Å²) in [5, 5.41) is 10.6. The van der Waals surface area contributed by atoms with Gasteiger partial charge in [-0.25, -0.2) is 8.78 Å². The van der Waals surface area contributed by atoms with Crippen molar-refractivity contribution in [2.24, 2.45) is 0 Å². The highest BCUT2D eigenvalue weighted by molar-refractivity contribution is 5.73. The Hall–Kier alpha value is -2.12. The van der Waals surface area contributed by atoms with Crippen LogP contribution in [0.5, 0.6) is 0 Å². The lowest BCUT2D eigenvalue weighted by atomic mass is 10.0. The normalized spacial score (nSPS) is 10.5. The number of hydrogen-bond donors (Lipinski definition) is 0. The number of rotatable bonds is 4. The van der Waals surface area contributed by atoms with Crippen LogP contribution >= 0.6 is 0 Å². The molecule has 18 heavy (non-hydrogen) atoms. The van der Waals surface area contributed by atoms with E-state index < -0.39 is 28.8 Å². The topological polar surface area (TPSA) is 82.3 Å². The Kier molecular flexibility index (Phi) is 4.24. The molecule has 1 aromatic heterocycles. The third-order valence-electron chi connectivity index (χ3n) is 2.36. The fraction of sp³-hybridized carbons (Fsp3) is 0.400. The van der Waals surface area contributed by atoms with Gasteiger partial charge in [0.1, 0.15) is 0 Å². The summed E-state index contributed by atoms with van der Waals surface area (Å²) in [6, 6.07) is 0.998. The fourth-order valence-electron chi connectivity index (χ4n) is 1.39. The van der Waals surface area contributed by atoms with E-state index in [0.717, 1.165) is 13.2 Å². The predicted molar refractivity (Wildman–Crippen MR) is 56.3 cm³/mol. The van der Waals surface area contributed by atoms with Crippen molar-refractivity contribution in [2.45, 2.75) is 19.8 Å². The summed E-state index contributed by atoms with van der Waals surface area (Å²) in [6.45, 7) is 1.33. The Morgan fingerprint density at radius 3 is 2.67 bits per heavy atom.